The molecule has 114 valence electrons. The van der Waals surface area contributed by atoms with Crippen LogP contribution in [0.4, 0.5) is 17.3 Å². The van der Waals surface area contributed by atoms with Gasteiger partial charge in [-0.1, -0.05) is 6.42 Å². The Morgan fingerprint density at radius 3 is 2.95 bits per heavy atom. The maximum absolute atomic E-state index is 11.3. The summed E-state index contributed by atoms with van der Waals surface area (Å²) in [6.45, 7) is 3.76. The lowest BCUT2D eigenvalue weighted by molar-refractivity contribution is -0.384. The first-order valence-electron chi connectivity index (χ1n) is 7.51. The molecule has 0 radical (unpaired) electrons. The number of piperazine rings is 1. The summed E-state index contributed by atoms with van der Waals surface area (Å²) in [6, 6.07) is 3.70. The number of nitrogens with zero attached hydrogens (tertiary/aromatic N) is 4. The average Bonchev–Trinajstić information content (AvgIpc) is 2.53. The number of fused-ring (bicyclic) bond motifs is 1. The third kappa shape index (κ3) is 2.78. The van der Waals surface area contributed by atoms with Crippen LogP contribution in [0.15, 0.2) is 12.1 Å². The van der Waals surface area contributed by atoms with Gasteiger partial charge in [-0.25, -0.2) is 4.98 Å². The molecule has 2 fully saturated rings. The van der Waals surface area contributed by atoms with E-state index in [0.29, 0.717) is 17.7 Å². The second-order valence-electron chi connectivity index (χ2n) is 5.68. The maximum atomic E-state index is 11.3. The molecule has 0 bridgehead atoms. The molecule has 0 aliphatic carbocycles. The number of pyridine rings is 1. The molecule has 1 atom stereocenters. The minimum absolute atomic E-state index is 0.0956. The van der Waals surface area contributed by atoms with Gasteiger partial charge in [0, 0.05) is 38.8 Å². The normalized spacial score (nSPS) is 22.7. The number of rotatable bonds is 3. The van der Waals surface area contributed by atoms with E-state index in [4.69, 9.17) is 0 Å². The molecule has 3 heterocycles. The van der Waals surface area contributed by atoms with Gasteiger partial charge in [0.1, 0.15) is 5.82 Å². The molecule has 7 heteroatoms. The summed E-state index contributed by atoms with van der Waals surface area (Å²) in [5, 5.41) is 14.2. The minimum atomic E-state index is -0.338. The highest BCUT2D eigenvalue weighted by atomic mass is 16.6. The zero-order valence-electron chi connectivity index (χ0n) is 12.3. The fourth-order valence-electron chi connectivity index (χ4n) is 3.30. The van der Waals surface area contributed by atoms with Crippen molar-refractivity contribution in [2.24, 2.45) is 0 Å². The van der Waals surface area contributed by atoms with Gasteiger partial charge >= 0.3 is 5.69 Å². The fraction of sp³-hybridized carbons (Fsp3) is 0.643. The molecule has 1 aromatic heterocycles. The second kappa shape index (κ2) is 5.85. The van der Waals surface area contributed by atoms with Gasteiger partial charge in [-0.2, -0.15) is 0 Å². The Labute approximate surface area is 124 Å². The van der Waals surface area contributed by atoms with Crippen LogP contribution in [0.3, 0.4) is 0 Å². The smallest absolute Gasteiger partial charge is 0.311 e. The quantitative estimate of drug-likeness (QED) is 0.675. The lowest BCUT2D eigenvalue weighted by Gasteiger charge is -2.44. The van der Waals surface area contributed by atoms with E-state index in [0.717, 1.165) is 26.2 Å². The number of hydrogen-bond donors (Lipinski definition) is 1. The number of nitro groups is 1. The highest BCUT2D eigenvalue weighted by Gasteiger charge is 2.32. The first kappa shape index (κ1) is 14.1. The van der Waals surface area contributed by atoms with Gasteiger partial charge in [0.25, 0.3) is 0 Å². The highest BCUT2D eigenvalue weighted by Crippen LogP contribution is 2.31. The molecule has 1 N–H and O–H groups in total. The molecule has 0 saturated carbocycles. The molecular weight excluding hydrogens is 270 g/mol. The van der Waals surface area contributed by atoms with Gasteiger partial charge in [0.05, 0.1) is 4.92 Å². The molecule has 1 aromatic rings. The molecule has 0 aromatic carbocycles. The first-order chi connectivity index (χ1) is 10.2. The predicted molar refractivity (Wildman–Crippen MR) is 81.9 cm³/mol. The van der Waals surface area contributed by atoms with Crippen molar-refractivity contribution in [1.29, 1.82) is 0 Å². The summed E-state index contributed by atoms with van der Waals surface area (Å²) in [6.07, 6.45) is 3.70. The van der Waals surface area contributed by atoms with Crippen LogP contribution >= 0.6 is 0 Å². The van der Waals surface area contributed by atoms with Gasteiger partial charge in [-0.05, 0) is 25.5 Å². The fourth-order valence-corrected chi connectivity index (χ4v) is 3.30. The Kier molecular flexibility index (Phi) is 3.92. The van der Waals surface area contributed by atoms with E-state index in [1.54, 1.807) is 19.2 Å². The standard InChI is InChI=1S/C14H21N5O2/c1-15-13-6-5-12(19(20)21)14(16-13)18-9-8-17-7-3-2-4-11(17)10-18/h5-6,11H,2-4,7-10H2,1H3,(H,15,16). The van der Waals surface area contributed by atoms with Crippen LogP contribution in [0, 0.1) is 10.1 Å². The summed E-state index contributed by atoms with van der Waals surface area (Å²) in [4.78, 5) is 19.9. The average molecular weight is 291 g/mol. The summed E-state index contributed by atoms with van der Waals surface area (Å²) in [5.41, 5.74) is 0.0956. The Balaban J connectivity index is 1.86. The Morgan fingerprint density at radius 1 is 1.33 bits per heavy atom. The minimum Gasteiger partial charge on any atom is -0.373 e. The third-order valence-corrected chi connectivity index (χ3v) is 4.44. The Morgan fingerprint density at radius 2 is 2.19 bits per heavy atom. The van der Waals surface area contributed by atoms with Crippen molar-refractivity contribution in [3.8, 4) is 0 Å². The monoisotopic (exact) mass is 291 g/mol. The largest absolute Gasteiger partial charge is 0.373 e. The van der Waals surface area contributed by atoms with Crippen LogP contribution in [-0.2, 0) is 0 Å². The third-order valence-electron chi connectivity index (χ3n) is 4.44. The van der Waals surface area contributed by atoms with E-state index in [1.807, 2.05) is 0 Å². The van der Waals surface area contributed by atoms with Gasteiger partial charge in [-0.15, -0.1) is 0 Å². The SMILES string of the molecule is CNc1ccc([N+](=O)[O-])c(N2CCN3CCCCC3C2)n1. The van der Waals surface area contributed by atoms with Gasteiger partial charge in [0.15, 0.2) is 0 Å². The molecule has 2 aliphatic rings. The van der Waals surface area contributed by atoms with Crippen molar-refractivity contribution in [1.82, 2.24) is 9.88 Å². The summed E-state index contributed by atoms with van der Waals surface area (Å²) in [7, 11) is 1.77. The molecule has 3 rings (SSSR count). The van der Waals surface area contributed by atoms with Crippen LogP contribution in [0.2, 0.25) is 0 Å². The lowest BCUT2D eigenvalue weighted by atomic mass is 9.99. The van der Waals surface area contributed by atoms with Crippen molar-refractivity contribution in [2.45, 2.75) is 25.3 Å². The predicted octanol–water partition coefficient (Wildman–Crippen LogP) is 1.71. The van der Waals surface area contributed by atoms with Crippen molar-refractivity contribution in [3.63, 3.8) is 0 Å². The molecule has 21 heavy (non-hydrogen) atoms. The molecule has 0 amide bonds. The number of nitrogens with one attached hydrogen (secondary N) is 1. The van der Waals surface area contributed by atoms with E-state index in [9.17, 15) is 10.1 Å². The summed E-state index contributed by atoms with van der Waals surface area (Å²) < 4.78 is 0. The van der Waals surface area contributed by atoms with E-state index in [2.05, 4.69) is 20.1 Å². The molecule has 0 spiro atoms. The van der Waals surface area contributed by atoms with Gasteiger partial charge < -0.3 is 10.2 Å². The summed E-state index contributed by atoms with van der Waals surface area (Å²) in [5.74, 6) is 1.17. The topological polar surface area (TPSA) is 74.5 Å². The number of anilines is 2. The first-order valence-corrected chi connectivity index (χ1v) is 7.51. The Hall–Kier alpha value is -1.89. The summed E-state index contributed by atoms with van der Waals surface area (Å²) >= 11 is 0. The van der Waals surface area contributed by atoms with Crippen LogP contribution in [0.5, 0.6) is 0 Å². The zero-order valence-corrected chi connectivity index (χ0v) is 12.3. The van der Waals surface area contributed by atoms with Crippen molar-refractivity contribution < 1.29 is 4.92 Å². The Bertz CT molecular complexity index is 536. The molecule has 2 aliphatic heterocycles. The second-order valence-corrected chi connectivity index (χ2v) is 5.68. The van der Waals surface area contributed by atoms with Gasteiger partial charge in [-0.3, -0.25) is 15.0 Å². The lowest BCUT2D eigenvalue weighted by Crippen LogP contribution is -2.55. The van der Waals surface area contributed by atoms with E-state index >= 15 is 0 Å². The van der Waals surface area contributed by atoms with Crippen LogP contribution in [0.25, 0.3) is 0 Å². The zero-order chi connectivity index (χ0) is 14.8. The molecule has 2 saturated heterocycles. The number of hydrogen-bond acceptors (Lipinski definition) is 6. The molecule has 1 unspecified atom stereocenters. The van der Waals surface area contributed by atoms with Crippen LogP contribution in [0.1, 0.15) is 19.3 Å². The van der Waals surface area contributed by atoms with Crippen molar-refractivity contribution >= 4 is 17.3 Å². The van der Waals surface area contributed by atoms with Crippen molar-refractivity contribution in [3.05, 3.63) is 22.2 Å². The maximum Gasteiger partial charge on any atom is 0.311 e. The van der Waals surface area contributed by atoms with E-state index in [-0.39, 0.29) is 10.6 Å². The number of piperidine rings is 1. The molecular formula is C14H21N5O2. The van der Waals surface area contributed by atoms with Crippen molar-refractivity contribution in [2.75, 3.05) is 43.4 Å². The highest BCUT2D eigenvalue weighted by molar-refractivity contribution is 5.62. The molecule has 7 nitrogen and oxygen atoms in total. The number of aromatic nitrogens is 1. The van der Waals surface area contributed by atoms with E-state index < -0.39 is 0 Å². The van der Waals surface area contributed by atoms with Gasteiger partial charge in [0.2, 0.25) is 5.82 Å². The van der Waals surface area contributed by atoms with Crippen LogP contribution < -0.4 is 10.2 Å². The van der Waals surface area contributed by atoms with E-state index in [1.165, 1.54) is 19.3 Å². The van der Waals surface area contributed by atoms with Crippen LogP contribution in [-0.4, -0.2) is 54.1 Å².